The molecule has 0 aromatic carbocycles. The molecule has 2 rings (SSSR count). The normalized spacial score (nSPS) is 33.7. The predicted octanol–water partition coefficient (Wildman–Crippen LogP) is 2.40. The second kappa shape index (κ2) is 2.51. The minimum Gasteiger partial charge on any atom is -0.299 e. The zero-order valence-corrected chi connectivity index (χ0v) is 6.85. The van der Waals surface area contributed by atoms with E-state index in [0.717, 1.165) is 12.8 Å². The van der Waals surface area contributed by atoms with Crippen LogP contribution in [0.1, 0.15) is 32.1 Å². The van der Waals surface area contributed by atoms with Crippen LogP contribution >= 0.6 is 0 Å². The number of hydrogen-bond acceptors (Lipinski definition) is 1. The zero-order chi connectivity index (χ0) is 8.77. The third-order valence-corrected chi connectivity index (χ3v) is 2.79. The second-order valence-electron chi connectivity index (χ2n) is 3.97. The largest absolute Gasteiger partial charge is 0.299 e. The van der Waals surface area contributed by atoms with E-state index in [9.17, 15) is 13.6 Å². The summed E-state index contributed by atoms with van der Waals surface area (Å²) in [5.41, 5.74) is 0. The summed E-state index contributed by atoms with van der Waals surface area (Å²) in [6, 6.07) is 0. The van der Waals surface area contributed by atoms with Crippen LogP contribution in [0.15, 0.2) is 0 Å². The van der Waals surface area contributed by atoms with Gasteiger partial charge in [0.15, 0.2) is 0 Å². The summed E-state index contributed by atoms with van der Waals surface area (Å²) in [5, 5.41) is 0. The van der Waals surface area contributed by atoms with E-state index in [4.69, 9.17) is 0 Å². The first-order valence-electron chi connectivity index (χ1n) is 4.50. The van der Waals surface area contributed by atoms with Crippen LogP contribution in [0.25, 0.3) is 0 Å². The Morgan fingerprint density at radius 2 is 1.83 bits per heavy atom. The standard InChI is InChI=1S/C9H12F2O/c10-9(11)4-3-7(5-9)8(12)6-1-2-6/h6-7H,1-5H2. The van der Waals surface area contributed by atoms with Crippen LogP contribution in [0.3, 0.4) is 0 Å². The molecule has 0 bridgehead atoms. The molecule has 2 fully saturated rings. The number of carbonyl (C=O) groups excluding carboxylic acids is 1. The lowest BCUT2D eigenvalue weighted by Gasteiger charge is -2.08. The van der Waals surface area contributed by atoms with Crippen LogP contribution in [0, 0.1) is 11.8 Å². The van der Waals surface area contributed by atoms with E-state index >= 15 is 0 Å². The molecular weight excluding hydrogens is 162 g/mol. The van der Waals surface area contributed by atoms with Crippen molar-refractivity contribution >= 4 is 5.78 Å². The third kappa shape index (κ3) is 1.50. The molecule has 2 saturated carbocycles. The van der Waals surface area contributed by atoms with Crippen molar-refractivity contribution in [3.63, 3.8) is 0 Å². The highest BCUT2D eigenvalue weighted by Gasteiger charge is 2.45. The van der Waals surface area contributed by atoms with Gasteiger partial charge in [-0.3, -0.25) is 4.79 Å². The fourth-order valence-corrected chi connectivity index (χ4v) is 1.89. The summed E-state index contributed by atoms with van der Waals surface area (Å²) in [4.78, 5) is 11.4. The molecule has 1 nitrogen and oxygen atoms in total. The molecule has 0 aromatic rings. The van der Waals surface area contributed by atoms with Crippen molar-refractivity contribution in [2.45, 2.75) is 38.0 Å². The Morgan fingerprint density at radius 1 is 1.17 bits per heavy atom. The van der Waals surface area contributed by atoms with Crippen LogP contribution in [-0.2, 0) is 4.79 Å². The van der Waals surface area contributed by atoms with Gasteiger partial charge < -0.3 is 0 Å². The first-order chi connectivity index (χ1) is 5.58. The third-order valence-electron chi connectivity index (χ3n) is 2.79. The molecule has 12 heavy (non-hydrogen) atoms. The summed E-state index contributed by atoms with van der Waals surface area (Å²) in [7, 11) is 0. The number of carbonyl (C=O) groups is 1. The number of halogens is 2. The molecule has 0 amide bonds. The number of alkyl halides is 2. The highest BCUT2D eigenvalue weighted by molar-refractivity contribution is 5.85. The average Bonchev–Trinajstić information content (AvgIpc) is 2.75. The zero-order valence-electron chi connectivity index (χ0n) is 6.85. The molecule has 2 aliphatic rings. The maximum absolute atomic E-state index is 12.7. The van der Waals surface area contributed by atoms with Crippen LogP contribution in [0.5, 0.6) is 0 Å². The van der Waals surface area contributed by atoms with Crippen molar-refractivity contribution in [1.82, 2.24) is 0 Å². The molecule has 1 unspecified atom stereocenters. The molecule has 0 radical (unpaired) electrons. The Morgan fingerprint density at radius 3 is 2.25 bits per heavy atom. The molecular formula is C9H12F2O. The van der Waals surface area contributed by atoms with Gasteiger partial charge >= 0.3 is 0 Å². The van der Waals surface area contributed by atoms with Crippen molar-refractivity contribution < 1.29 is 13.6 Å². The van der Waals surface area contributed by atoms with Gasteiger partial charge in [-0.25, -0.2) is 8.78 Å². The lowest BCUT2D eigenvalue weighted by Crippen LogP contribution is -2.16. The highest BCUT2D eigenvalue weighted by Crippen LogP contribution is 2.43. The van der Waals surface area contributed by atoms with Crippen LogP contribution in [-0.4, -0.2) is 11.7 Å². The molecule has 1 atom stereocenters. The van der Waals surface area contributed by atoms with Gasteiger partial charge in [0, 0.05) is 24.7 Å². The van der Waals surface area contributed by atoms with E-state index in [0.29, 0.717) is 6.42 Å². The Balaban J connectivity index is 1.94. The van der Waals surface area contributed by atoms with Crippen LogP contribution in [0.4, 0.5) is 8.78 Å². The summed E-state index contributed by atoms with van der Waals surface area (Å²) in [6.45, 7) is 0. The highest BCUT2D eigenvalue weighted by atomic mass is 19.3. The van der Waals surface area contributed by atoms with Gasteiger partial charge in [0.1, 0.15) is 5.78 Å². The maximum Gasteiger partial charge on any atom is 0.248 e. The average molecular weight is 174 g/mol. The SMILES string of the molecule is O=C(C1CC1)C1CCC(F)(F)C1. The van der Waals surface area contributed by atoms with E-state index in [-0.39, 0.29) is 30.5 Å². The quantitative estimate of drug-likeness (QED) is 0.628. The molecule has 0 aliphatic heterocycles. The summed E-state index contributed by atoms with van der Waals surface area (Å²) in [5.74, 6) is -2.64. The van der Waals surface area contributed by atoms with E-state index < -0.39 is 5.92 Å². The van der Waals surface area contributed by atoms with E-state index in [2.05, 4.69) is 0 Å². The first-order valence-corrected chi connectivity index (χ1v) is 4.50. The minimum atomic E-state index is -2.56. The molecule has 0 saturated heterocycles. The number of hydrogen-bond donors (Lipinski definition) is 0. The summed E-state index contributed by atoms with van der Waals surface area (Å²) in [6.07, 6.45) is 1.99. The van der Waals surface area contributed by atoms with Crippen LogP contribution in [0.2, 0.25) is 0 Å². The van der Waals surface area contributed by atoms with Gasteiger partial charge in [0.05, 0.1) is 0 Å². The number of rotatable bonds is 2. The van der Waals surface area contributed by atoms with Crippen molar-refractivity contribution in [3.05, 3.63) is 0 Å². The Bertz CT molecular complexity index is 209. The summed E-state index contributed by atoms with van der Waals surface area (Å²) >= 11 is 0. The maximum atomic E-state index is 12.7. The topological polar surface area (TPSA) is 17.1 Å². The lowest BCUT2D eigenvalue weighted by atomic mass is 9.99. The minimum absolute atomic E-state index is 0.0872. The van der Waals surface area contributed by atoms with Crippen LogP contribution < -0.4 is 0 Å². The Hall–Kier alpha value is -0.470. The first kappa shape index (κ1) is 8.14. The smallest absolute Gasteiger partial charge is 0.248 e. The van der Waals surface area contributed by atoms with Crippen molar-refractivity contribution in [2.24, 2.45) is 11.8 Å². The molecule has 68 valence electrons. The Labute approximate surface area is 70.1 Å². The van der Waals surface area contributed by atoms with Gasteiger partial charge in [0.25, 0.3) is 0 Å². The molecule has 0 aromatic heterocycles. The van der Waals surface area contributed by atoms with Gasteiger partial charge in [0.2, 0.25) is 5.92 Å². The lowest BCUT2D eigenvalue weighted by molar-refractivity contribution is -0.124. The van der Waals surface area contributed by atoms with Crippen molar-refractivity contribution in [1.29, 1.82) is 0 Å². The number of Topliss-reactive ketones (excluding diaryl/α,β-unsaturated/α-hetero) is 1. The molecule has 3 heteroatoms. The fraction of sp³-hybridized carbons (Fsp3) is 0.889. The second-order valence-corrected chi connectivity index (χ2v) is 3.97. The van der Waals surface area contributed by atoms with E-state index in [1.165, 1.54) is 0 Å². The van der Waals surface area contributed by atoms with Crippen molar-refractivity contribution in [3.8, 4) is 0 Å². The summed E-state index contributed by atoms with van der Waals surface area (Å²) < 4.78 is 25.4. The number of ketones is 1. The monoisotopic (exact) mass is 174 g/mol. The van der Waals surface area contributed by atoms with E-state index in [1.54, 1.807) is 0 Å². The predicted molar refractivity (Wildman–Crippen MR) is 40.0 cm³/mol. The van der Waals surface area contributed by atoms with E-state index in [1.807, 2.05) is 0 Å². The fourth-order valence-electron chi connectivity index (χ4n) is 1.89. The molecule has 0 spiro atoms. The van der Waals surface area contributed by atoms with Gasteiger partial charge in [-0.1, -0.05) is 0 Å². The van der Waals surface area contributed by atoms with Gasteiger partial charge in [-0.15, -0.1) is 0 Å². The van der Waals surface area contributed by atoms with Gasteiger partial charge in [-0.05, 0) is 19.3 Å². The molecule has 0 N–H and O–H groups in total. The molecule has 2 aliphatic carbocycles. The Kier molecular flexibility index (Phi) is 1.70. The van der Waals surface area contributed by atoms with Crippen molar-refractivity contribution in [2.75, 3.05) is 0 Å². The molecule has 0 heterocycles. The van der Waals surface area contributed by atoms with Gasteiger partial charge in [-0.2, -0.15) is 0 Å².